The normalized spacial score (nSPS) is 13.7. The highest BCUT2D eigenvalue weighted by molar-refractivity contribution is 6.06. The van der Waals surface area contributed by atoms with Gasteiger partial charge in [-0.25, -0.2) is 9.59 Å². The van der Waals surface area contributed by atoms with Crippen molar-refractivity contribution in [3.63, 3.8) is 0 Å². The Balaban J connectivity index is 1.75. The van der Waals surface area contributed by atoms with Gasteiger partial charge in [-0.1, -0.05) is 12.1 Å². The van der Waals surface area contributed by atoms with Crippen LogP contribution in [-0.2, 0) is 29.5 Å². The van der Waals surface area contributed by atoms with Crippen molar-refractivity contribution in [2.24, 2.45) is 7.05 Å². The fourth-order valence-corrected chi connectivity index (χ4v) is 3.65. The minimum Gasteiger partial charge on any atom is -0.444 e. The first-order valence-corrected chi connectivity index (χ1v) is 11.3. The highest BCUT2D eigenvalue weighted by Crippen LogP contribution is 2.26. The summed E-state index contributed by atoms with van der Waals surface area (Å²) in [6.07, 6.45) is -0.342. The van der Waals surface area contributed by atoms with E-state index in [-0.39, 0.29) is 12.0 Å². The zero-order valence-electron chi connectivity index (χ0n) is 20.9. The summed E-state index contributed by atoms with van der Waals surface area (Å²) in [6.45, 7) is 11.7. The van der Waals surface area contributed by atoms with Gasteiger partial charge in [0.2, 0.25) is 0 Å². The van der Waals surface area contributed by atoms with Gasteiger partial charge >= 0.3 is 12.2 Å². The molecule has 9 nitrogen and oxygen atoms in total. The van der Waals surface area contributed by atoms with Gasteiger partial charge in [0, 0.05) is 19.3 Å². The summed E-state index contributed by atoms with van der Waals surface area (Å²) >= 11 is 0. The van der Waals surface area contributed by atoms with Crippen molar-refractivity contribution in [3.8, 4) is 0 Å². The Bertz CT molecular complexity index is 1090. The maximum absolute atomic E-state index is 13.1. The van der Waals surface area contributed by atoms with E-state index in [2.05, 4.69) is 10.6 Å². The number of amides is 3. The molecule has 0 unspecified atom stereocenters. The number of carbonyl (C=O) groups excluding carboxylic acids is 3. The number of carbonyl (C=O) groups is 3. The maximum Gasteiger partial charge on any atom is 0.412 e. The molecule has 1 aromatic heterocycles. The molecule has 0 atom stereocenters. The van der Waals surface area contributed by atoms with Crippen molar-refractivity contribution < 1.29 is 23.9 Å². The van der Waals surface area contributed by atoms with Crippen LogP contribution in [0.25, 0.3) is 0 Å². The number of anilines is 2. The van der Waals surface area contributed by atoms with E-state index < -0.39 is 17.3 Å². The zero-order valence-corrected chi connectivity index (χ0v) is 20.9. The number of nitrogens with one attached hydrogen (secondary N) is 2. The van der Waals surface area contributed by atoms with Crippen LogP contribution in [-0.4, -0.2) is 45.3 Å². The van der Waals surface area contributed by atoms with E-state index in [1.165, 1.54) is 0 Å². The van der Waals surface area contributed by atoms with Crippen LogP contribution in [0.15, 0.2) is 30.3 Å². The second-order valence-electron chi connectivity index (χ2n) is 10.3. The SMILES string of the molecule is Cn1c(C(=O)Nc2ccccc2NC(=O)OC(C)(C)C)cc2c1CN(C(=O)OC(C)(C)C)CC2. The molecule has 0 saturated heterocycles. The van der Waals surface area contributed by atoms with Gasteiger partial charge in [0.05, 0.1) is 17.9 Å². The quantitative estimate of drug-likeness (QED) is 0.663. The molecule has 2 aromatic rings. The van der Waals surface area contributed by atoms with Crippen molar-refractivity contribution in [3.05, 3.63) is 47.3 Å². The fourth-order valence-electron chi connectivity index (χ4n) is 3.65. The van der Waals surface area contributed by atoms with Crippen LogP contribution >= 0.6 is 0 Å². The van der Waals surface area contributed by atoms with Crippen molar-refractivity contribution in [2.75, 3.05) is 17.2 Å². The molecule has 3 rings (SSSR count). The number of aromatic nitrogens is 1. The van der Waals surface area contributed by atoms with Crippen molar-refractivity contribution in [1.29, 1.82) is 0 Å². The summed E-state index contributed by atoms with van der Waals surface area (Å²) in [6, 6.07) is 8.77. The summed E-state index contributed by atoms with van der Waals surface area (Å²) < 4.78 is 12.6. The lowest BCUT2D eigenvalue weighted by atomic mass is 10.1. The molecule has 34 heavy (non-hydrogen) atoms. The third kappa shape index (κ3) is 6.30. The molecule has 1 aromatic carbocycles. The topological polar surface area (TPSA) is 102 Å². The van der Waals surface area contributed by atoms with Gasteiger partial charge in [-0.2, -0.15) is 0 Å². The monoisotopic (exact) mass is 470 g/mol. The van der Waals surface area contributed by atoms with Gasteiger partial charge in [-0.3, -0.25) is 10.1 Å². The van der Waals surface area contributed by atoms with Crippen LogP contribution < -0.4 is 10.6 Å². The smallest absolute Gasteiger partial charge is 0.412 e. The molecule has 3 amide bonds. The average Bonchev–Trinajstić information content (AvgIpc) is 3.03. The molecule has 0 bridgehead atoms. The number of para-hydroxylation sites is 2. The van der Waals surface area contributed by atoms with Crippen molar-refractivity contribution in [1.82, 2.24) is 9.47 Å². The first kappa shape index (κ1) is 25.1. The summed E-state index contributed by atoms with van der Waals surface area (Å²) in [4.78, 5) is 39.5. The van der Waals surface area contributed by atoms with Gasteiger partial charge in [-0.05, 0) is 71.7 Å². The Kier molecular flexibility index (Phi) is 6.95. The standard InChI is InChI=1S/C25H34N4O5/c1-24(2,3)33-22(31)27-18-11-9-8-10-17(18)26-21(30)19-14-16-12-13-29(15-20(16)28(19)7)23(32)34-25(4,5)6/h8-11,14H,12-13,15H2,1-7H3,(H,26,30)(H,27,31). The number of hydrogen-bond acceptors (Lipinski definition) is 5. The van der Waals surface area contributed by atoms with Crippen LogP contribution in [0.1, 0.15) is 63.3 Å². The van der Waals surface area contributed by atoms with Crippen LogP contribution in [0.4, 0.5) is 21.0 Å². The summed E-state index contributed by atoms with van der Waals surface area (Å²) in [5.41, 5.74) is 2.04. The molecule has 2 heterocycles. The highest BCUT2D eigenvalue weighted by Gasteiger charge is 2.29. The van der Waals surface area contributed by atoms with Crippen LogP contribution in [0.2, 0.25) is 0 Å². The third-order valence-electron chi connectivity index (χ3n) is 5.13. The van der Waals surface area contributed by atoms with Gasteiger partial charge in [0.25, 0.3) is 5.91 Å². The molecule has 0 spiro atoms. The molecule has 0 fully saturated rings. The molecule has 1 aliphatic heterocycles. The fraction of sp³-hybridized carbons (Fsp3) is 0.480. The number of fused-ring (bicyclic) bond motifs is 1. The second-order valence-corrected chi connectivity index (χ2v) is 10.3. The molecular weight excluding hydrogens is 436 g/mol. The van der Waals surface area contributed by atoms with Crippen molar-refractivity contribution >= 4 is 29.5 Å². The average molecular weight is 471 g/mol. The Morgan fingerprint density at radius 1 is 0.912 bits per heavy atom. The predicted molar refractivity (Wildman–Crippen MR) is 130 cm³/mol. The Morgan fingerprint density at radius 2 is 1.50 bits per heavy atom. The Labute approximate surface area is 200 Å². The number of nitrogens with zero attached hydrogens (tertiary/aromatic N) is 2. The summed E-state index contributed by atoms with van der Waals surface area (Å²) in [7, 11) is 1.80. The second kappa shape index (κ2) is 9.40. The lowest BCUT2D eigenvalue weighted by Crippen LogP contribution is -2.40. The van der Waals surface area contributed by atoms with E-state index >= 15 is 0 Å². The highest BCUT2D eigenvalue weighted by atomic mass is 16.6. The van der Waals surface area contributed by atoms with E-state index in [4.69, 9.17) is 9.47 Å². The zero-order chi connectivity index (χ0) is 25.3. The summed E-state index contributed by atoms with van der Waals surface area (Å²) in [5.74, 6) is -0.320. The Morgan fingerprint density at radius 3 is 2.09 bits per heavy atom. The number of hydrogen-bond donors (Lipinski definition) is 2. The van der Waals surface area contributed by atoms with E-state index in [9.17, 15) is 14.4 Å². The first-order valence-electron chi connectivity index (χ1n) is 11.3. The number of ether oxygens (including phenoxy) is 2. The lowest BCUT2D eigenvalue weighted by molar-refractivity contribution is 0.0219. The molecule has 1 aliphatic rings. The minimum atomic E-state index is -0.641. The van der Waals surface area contributed by atoms with E-state index in [0.29, 0.717) is 36.6 Å². The maximum atomic E-state index is 13.1. The van der Waals surface area contributed by atoms with Crippen molar-refractivity contribution in [2.45, 2.75) is 65.7 Å². The molecule has 0 saturated carbocycles. The van der Waals surface area contributed by atoms with Gasteiger partial charge in [0.15, 0.2) is 0 Å². The van der Waals surface area contributed by atoms with E-state index in [1.54, 1.807) is 61.6 Å². The minimum absolute atomic E-state index is 0.320. The molecule has 2 N–H and O–H groups in total. The number of rotatable bonds is 3. The lowest BCUT2D eigenvalue weighted by Gasteiger charge is -2.30. The Hall–Kier alpha value is -3.49. The first-order chi connectivity index (χ1) is 15.7. The van der Waals surface area contributed by atoms with Crippen LogP contribution in [0.5, 0.6) is 0 Å². The van der Waals surface area contributed by atoms with Gasteiger partial charge in [-0.15, -0.1) is 0 Å². The van der Waals surface area contributed by atoms with Gasteiger partial charge < -0.3 is 24.3 Å². The van der Waals surface area contributed by atoms with E-state index in [1.807, 2.05) is 26.8 Å². The third-order valence-corrected chi connectivity index (χ3v) is 5.13. The molecule has 0 aliphatic carbocycles. The van der Waals surface area contributed by atoms with Crippen LogP contribution in [0.3, 0.4) is 0 Å². The molecule has 0 radical (unpaired) electrons. The molecule has 9 heteroatoms. The largest absolute Gasteiger partial charge is 0.444 e. The number of benzene rings is 1. The van der Waals surface area contributed by atoms with Gasteiger partial charge in [0.1, 0.15) is 16.9 Å². The molecule has 184 valence electrons. The summed E-state index contributed by atoms with van der Waals surface area (Å²) in [5, 5.41) is 5.56. The predicted octanol–water partition coefficient (Wildman–Crippen LogP) is 4.92. The van der Waals surface area contributed by atoms with E-state index in [0.717, 1.165) is 11.3 Å². The van der Waals surface area contributed by atoms with Crippen LogP contribution in [0, 0.1) is 0 Å². The molecular formula is C25H34N4O5.